The van der Waals surface area contributed by atoms with E-state index in [9.17, 15) is 0 Å². The Morgan fingerprint density at radius 1 is 0.393 bits per heavy atom. The summed E-state index contributed by atoms with van der Waals surface area (Å²) in [7, 11) is 0. The average Bonchev–Trinajstić information content (AvgIpc) is 3.80. The van der Waals surface area contributed by atoms with Crippen LogP contribution in [0.3, 0.4) is 0 Å². The zero-order valence-electron chi connectivity index (χ0n) is 30.1. The van der Waals surface area contributed by atoms with Crippen molar-refractivity contribution in [3.05, 3.63) is 188 Å². The van der Waals surface area contributed by atoms with Crippen LogP contribution in [0.1, 0.15) is 0 Å². The number of nitrogens with zero attached hydrogens (tertiary/aromatic N) is 3. The largest absolute Gasteiger partial charge is 0.455 e. The fourth-order valence-corrected chi connectivity index (χ4v) is 8.73. The second-order valence-electron chi connectivity index (χ2n) is 14.6. The Bertz CT molecular complexity index is 3530. The highest BCUT2D eigenvalue weighted by Gasteiger charge is 2.22. The zero-order valence-corrected chi connectivity index (χ0v) is 30.1. The second kappa shape index (κ2) is 12.0. The van der Waals surface area contributed by atoms with Gasteiger partial charge in [-0.3, -0.25) is 4.57 Å². The van der Waals surface area contributed by atoms with Crippen molar-refractivity contribution in [2.24, 2.45) is 0 Å². The van der Waals surface area contributed by atoms with Gasteiger partial charge >= 0.3 is 0 Å². The quantitative estimate of drug-likeness (QED) is 0.182. The van der Waals surface area contributed by atoms with Crippen LogP contribution in [0.15, 0.2) is 192 Å². The zero-order chi connectivity index (χ0) is 36.7. The Balaban J connectivity index is 1.17. The Hall–Kier alpha value is -7.56. The first kappa shape index (κ1) is 30.9. The maximum atomic E-state index is 6.74. The molecular formula is C52H31N3O. The number of furan rings is 1. The minimum absolute atomic E-state index is 0.630. The van der Waals surface area contributed by atoms with E-state index in [0.717, 1.165) is 71.6 Å². The summed E-state index contributed by atoms with van der Waals surface area (Å²) < 4.78 is 8.99. The van der Waals surface area contributed by atoms with Gasteiger partial charge in [-0.2, -0.15) is 0 Å². The Morgan fingerprint density at radius 2 is 1.05 bits per heavy atom. The number of hydrogen-bond donors (Lipinski definition) is 0. The molecule has 0 unspecified atom stereocenters. The molecule has 12 aromatic rings. The van der Waals surface area contributed by atoms with Crippen LogP contribution in [0.4, 0.5) is 0 Å². The lowest BCUT2D eigenvalue weighted by atomic mass is 9.96. The first-order chi connectivity index (χ1) is 27.7. The molecule has 0 saturated heterocycles. The van der Waals surface area contributed by atoms with Crippen molar-refractivity contribution in [2.45, 2.75) is 0 Å². The monoisotopic (exact) mass is 713 g/mol. The van der Waals surface area contributed by atoms with E-state index in [0.29, 0.717) is 5.95 Å². The van der Waals surface area contributed by atoms with E-state index < -0.39 is 0 Å². The van der Waals surface area contributed by atoms with Crippen molar-refractivity contribution in [3.8, 4) is 39.5 Å². The predicted molar refractivity (Wildman–Crippen MR) is 232 cm³/mol. The van der Waals surface area contributed by atoms with Gasteiger partial charge in [0.25, 0.3) is 0 Å². The number of benzene rings is 9. The minimum atomic E-state index is 0.630. The number of rotatable bonds is 4. The summed E-state index contributed by atoms with van der Waals surface area (Å²) in [6.07, 6.45) is 0. The van der Waals surface area contributed by atoms with Crippen LogP contribution < -0.4 is 0 Å². The van der Waals surface area contributed by atoms with E-state index >= 15 is 0 Å². The molecule has 4 nitrogen and oxygen atoms in total. The summed E-state index contributed by atoms with van der Waals surface area (Å²) in [4.78, 5) is 10.9. The van der Waals surface area contributed by atoms with E-state index in [1.165, 1.54) is 38.1 Å². The van der Waals surface area contributed by atoms with Crippen molar-refractivity contribution in [1.82, 2.24) is 14.5 Å². The van der Waals surface area contributed by atoms with Gasteiger partial charge in [-0.25, -0.2) is 9.97 Å². The standard InChI is InChI=1S/C52H31N3O/c1-3-13-32(14-4-1)37-24-25-46-44(28-37)49-39-20-10-9-17-34(39)23-26-47(49)55(46)52-53-45-22-12-11-21-40(45)50(54-52)38-29-41(33-15-5-2-6-16-33)51-43(30-38)42-27-35-18-7-8-19-36(35)31-48(42)56-51/h1-31H. The van der Waals surface area contributed by atoms with Gasteiger partial charge in [-0.05, 0) is 86.8 Å². The van der Waals surface area contributed by atoms with Crippen LogP contribution in [0.25, 0.3) is 116 Å². The molecule has 0 spiro atoms. The normalized spacial score (nSPS) is 11.9. The van der Waals surface area contributed by atoms with Gasteiger partial charge in [0.2, 0.25) is 5.95 Å². The predicted octanol–water partition coefficient (Wildman–Crippen LogP) is 13.9. The van der Waals surface area contributed by atoms with Crippen LogP contribution in [0, 0.1) is 0 Å². The third-order valence-electron chi connectivity index (χ3n) is 11.4. The first-order valence-electron chi connectivity index (χ1n) is 19.0. The molecule has 3 aromatic heterocycles. The third kappa shape index (κ3) is 4.66. The van der Waals surface area contributed by atoms with E-state index in [2.05, 4.69) is 193 Å². The molecule has 3 heterocycles. The molecule has 0 aliphatic carbocycles. The topological polar surface area (TPSA) is 43.9 Å². The molecular weight excluding hydrogens is 683 g/mol. The molecule has 0 fully saturated rings. The molecule has 0 aliphatic heterocycles. The molecule has 0 amide bonds. The molecule has 9 aromatic carbocycles. The number of para-hydroxylation sites is 1. The van der Waals surface area contributed by atoms with Crippen molar-refractivity contribution < 1.29 is 4.42 Å². The van der Waals surface area contributed by atoms with Gasteiger partial charge in [0, 0.05) is 38.1 Å². The molecule has 260 valence electrons. The van der Waals surface area contributed by atoms with Gasteiger partial charge < -0.3 is 4.42 Å². The summed E-state index contributed by atoms with van der Waals surface area (Å²) >= 11 is 0. The van der Waals surface area contributed by atoms with E-state index in [4.69, 9.17) is 14.4 Å². The highest BCUT2D eigenvalue weighted by Crippen LogP contribution is 2.43. The van der Waals surface area contributed by atoms with Crippen LogP contribution >= 0.6 is 0 Å². The van der Waals surface area contributed by atoms with Gasteiger partial charge in [-0.1, -0.05) is 140 Å². The van der Waals surface area contributed by atoms with Crippen molar-refractivity contribution in [1.29, 1.82) is 0 Å². The lowest BCUT2D eigenvalue weighted by molar-refractivity contribution is 0.670. The molecule has 56 heavy (non-hydrogen) atoms. The van der Waals surface area contributed by atoms with E-state index in [-0.39, 0.29) is 0 Å². The van der Waals surface area contributed by atoms with Gasteiger partial charge in [0.05, 0.1) is 22.2 Å². The molecule has 0 aliphatic rings. The van der Waals surface area contributed by atoms with Crippen molar-refractivity contribution in [3.63, 3.8) is 0 Å². The number of hydrogen-bond acceptors (Lipinski definition) is 3. The Labute approximate surface area is 321 Å². The van der Waals surface area contributed by atoms with Gasteiger partial charge in [-0.15, -0.1) is 0 Å². The maximum absolute atomic E-state index is 6.74. The van der Waals surface area contributed by atoms with Crippen LogP contribution in [-0.2, 0) is 0 Å². The van der Waals surface area contributed by atoms with Gasteiger partial charge in [0.15, 0.2) is 0 Å². The van der Waals surface area contributed by atoms with Crippen LogP contribution in [-0.4, -0.2) is 14.5 Å². The smallest absolute Gasteiger partial charge is 0.235 e. The van der Waals surface area contributed by atoms with E-state index in [1.807, 2.05) is 0 Å². The van der Waals surface area contributed by atoms with Gasteiger partial charge in [0.1, 0.15) is 11.2 Å². The maximum Gasteiger partial charge on any atom is 0.235 e. The molecule has 0 N–H and O–H groups in total. The SMILES string of the molecule is c1ccc(-c2ccc3c(c2)c2c4ccccc4ccc2n3-c2nc(-c3cc(-c4ccccc4)c4oc5cc6ccccc6cc5c4c3)c3ccccc3n2)cc1. The summed E-state index contributed by atoms with van der Waals surface area (Å²) in [6.45, 7) is 0. The third-order valence-corrected chi connectivity index (χ3v) is 11.4. The lowest BCUT2D eigenvalue weighted by Gasteiger charge is -2.13. The Kier molecular flexibility index (Phi) is 6.60. The lowest BCUT2D eigenvalue weighted by Crippen LogP contribution is -2.03. The summed E-state index contributed by atoms with van der Waals surface area (Å²) in [6, 6.07) is 66.7. The molecule has 4 heteroatoms. The average molecular weight is 714 g/mol. The second-order valence-corrected chi connectivity index (χ2v) is 14.6. The minimum Gasteiger partial charge on any atom is -0.455 e. The first-order valence-corrected chi connectivity index (χ1v) is 19.0. The highest BCUT2D eigenvalue weighted by molar-refractivity contribution is 6.22. The number of aromatic nitrogens is 3. The fourth-order valence-electron chi connectivity index (χ4n) is 8.73. The van der Waals surface area contributed by atoms with Crippen molar-refractivity contribution in [2.75, 3.05) is 0 Å². The Morgan fingerprint density at radius 3 is 1.88 bits per heavy atom. The number of fused-ring (bicyclic) bond motifs is 10. The molecule has 0 atom stereocenters. The van der Waals surface area contributed by atoms with Crippen molar-refractivity contribution >= 4 is 76.2 Å². The molecule has 0 radical (unpaired) electrons. The molecule has 0 bridgehead atoms. The summed E-state index contributed by atoms with van der Waals surface area (Å²) in [5.74, 6) is 0.630. The summed E-state index contributed by atoms with van der Waals surface area (Å²) in [5, 5.41) is 10.2. The highest BCUT2D eigenvalue weighted by atomic mass is 16.3. The van der Waals surface area contributed by atoms with Crippen LogP contribution in [0.2, 0.25) is 0 Å². The fraction of sp³-hybridized carbons (Fsp3) is 0. The molecule has 12 rings (SSSR count). The van der Waals surface area contributed by atoms with Crippen LogP contribution in [0.5, 0.6) is 0 Å². The molecule has 0 saturated carbocycles. The van der Waals surface area contributed by atoms with E-state index in [1.54, 1.807) is 0 Å². The summed E-state index contributed by atoms with van der Waals surface area (Å²) in [5.41, 5.74) is 11.1.